The van der Waals surface area contributed by atoms with Crippen molar-refractivity contribution in [3.63, 3.8) is 0 Å². The van der Waals surface area contributed by atoms with Crippen LogP contribution in [-0.4, -0.2) is 25.3 Å². The van der Waals surface area contributed by atoms with Gasteiger partial charge >= 0.3 is 0 Å². The Morgan fingerprint density at radius 1 is 1.11 bits per heavy atom. The van der Waals surface area contributed by atoms with E-state index in [1.807, 2.05) is 0 Å². The lowest BCUT2D eigenvalue weighted by Crippen LogP contribution is -2.41. The van der Waals surface area contributed by atoms with E-state index in [1.54, 1.807) is 0 Å². The van der Waals surface area contributed by atoms with Gasteiger partial charge in [0.05, 0.1) is 14.2 Å². The summed E-state index contributed by atoms with van der Waals surface area (Å²) in [4.78, 5) is 0. The zero-order chi connectivity index (χ0) is 13.9. The van der Waals surface area contributed by atoms with Crippen molar-refractivity contribution < 1.29 is 5.11 Å². The normalized spacial score (nSPS) is 24.4. The van der Waals surface area contributed by atoms with Gasteiger partial charge in [-0.15, -0.1) is 0 Å². The highest BCUT2D eigenvalue weighted by Crippen LogP contribution is 2.18. The Morgan fingerprint density at radius 3 is 2.32 bits per heavy atom. The van der Waals surface area contributed by atoms with E-state index in [1.165, 1.54) is 23.6 Å². The molecule has 3 heteroatoms. The summed E-state index contributed by atoms with van der Waals surface area (Å²) in [6, 6.07) is 9.30. The SMILES string of the molecule is C[Si](C)(C)c1ccc(CNC2CCCCC2O)cc1. The summed E-state index contributed by atoms with van der Waals surface area (Å²) in [5, 5.41) is 15.0. The number of rotatable bonds is 4. The molecule has 0 heterocycles. The summed E-state index contributed by atoms with van der Waals surface area (Å²) in [6.07, 6.45) is 4.31. The van der Waals surface area contributed by atoms with Crippen molar-refractivity contribution in [2.75, 3.05) is 0 Å². The maximum atomic E-state index is 9.94. The minimum Gasteiger partial charge on any atom is -0.392 e. The summed E-state index contributed by atoms with van der Waals surface area (Å²) in [5.74, 6) is 0. The number of aliphatic hydroxyl groups is 1. The first-order chi connectivity index (χ1) is 8.97. The van der Waals surface area contributed by atoms with Crippen molar-refractivity contribution in [2.45, 2.75) is 64.0 Å². The first-order valence-electron chi connectivity index (χ1n) is 7.48. The van der Waals surface area contributed by atoms with Crippen LogP contribution in [0.3, 0.4) is 0 Å². The van der Waals surface area contributed by atoms with Crippen LogP contribution in [0.25, 0.3) is 0 Å². The van der Waals surface area contributed by atoms with Gasteiger partial charge in [-0.25, -0.2) is 0 Å². The van der Waals surface area contributed by atoms with Crippen molar-refractivity contribution in [1.29, 1.82) is 0 Å². The van der Waals surface area contributed by atoms with Gasteiger partial charge in [-0.3, -0.25) is 0 Å². The van der Waals surface area contributed by atoms with Crippen LogP contribution in [0.4, 0.5) is 0 Å². The van der Waals surface area contributed by atoms with Crippen LogP contribution in [0.15, 0.2) is 24.3 Å². The van der Waals surface area contributed by atoms with Gasteiger partial charge in [0.15, 0.2) is 0 Å². The lowest BCUT2D eigenvalue weighted by Gasteiger charge is -2.28. The summed E-state index contributed by atoms with van der Waals surface area (Å²) in [7, 11) is -1.18. The summed E-state index contributed by atoms with van der Waals surface area (Å²) >= 11 is 0. The van der Waals surface area contributed by atoms with E-state index in [4.69, 9.17) is 0 Å². The van der Waals surface area contributed by atoms with Gasteiger partial charge in [0, 0.05) is 12.6 Å². The molecular formula is C16H27NOSi. The molecule has 0 saturated heterocycles. The third-order valence-electron chi connectivity index (χ3n) is 4.12. The van der Waals surface area contributed by atoms with Crippen LogP contribution in [0.1, 0.15) is 31.2 Å². The molecule has 0 spiro atoms. The molecule has 1 aromatic rings. The molecule has 1 aromatic carbocycles. The molecule has 0 aromatic heterocycles. The fourth-order valence-electron chi connectivity index (χ4n) is 2.72. The number of nitrogens with one attached hydrogen (secondary N) is 1. The summed E-state index contributed by atoms with van der Waals surface area (Å²) < 4.78 is 0. The Balaban J connectivity index is 1.89. The van der Waals surface area contributed by atoms with Crippen molar-refractivity contribution >= 4 is 13.3 Å². The zero-order valence-corrected chi connectivity index (χ0v) is 13.4. The fraction of sp³-hybridized carbons (Fsp3) is 0.625. The topological polar surface area (TPSA) is 32.3 Å². The van der Waals surface area contributed by atoms with Gasteiger partial charge in [0.2, 0.25) is 0 Å². The second-order valence-electron chi connectivity index (χ2n) is 6.79. The van der Waals surface area contributed by atoms with Gasteiger partial charge in [0.25, 0.3) is 0 Å². The second-order valence-corrected chi connectivity index (χ2v) is 11.9. The first-order valence-corrected chi connectivity index (χ1v) is 11.0. The van der Waals surface area contributed by atoms with Crippen LogP contribution in [0.2, 0.25) is 19.6 Å². The summed E-state index contributed by atoms with van der Waals surface area (Å²) in [6.45, 7) is 7.99. The first kappa shape index (κ1) is 14.8. The standard InChI is InChI=1S/C16H27NOSi/c1-19(2,3)14-10-8-13(9-11-14)12-17-15-6-4-5-7-16(15)18/h8-11,15-18H,4-7,12H2,1-3H3. The Kier molecular flexibility index (Phi) is 4.82. The van der Waals surface area contributed by atoms with Crippen LogP contribution in [-0.2, 0) is 6.54 Å². The molecule has 0 radical (unpaired) electrons. The van der Waals surface area contributed by atoms with Crippen LogP contribution in [0.5, 0.6) is 0 Å². The van der Waals surface area contributed by atoms with Crippen LogP contribution < -0.4 is 10.5 Å². The van der Waals surface area contributed by atoms with Crippen molar-refractivity contribution in [3.05, 3.63) is 29.8 Å². The maximum absolute atomic E-state index is 9.94. The van der Waals surface area contributed by atoms with Crippen molar-refractivity contribution in [3.8, 4) is 0 Å². The average Bonchev–Trinajstić information content (AvgIpc) is 2.37. The quantitative estimate of drug-likeness (QED) is 0.829. The zero-order valence-electron chi connectivity index (χ0n) is 12.4. The lowest BCUT2D eigenvalue weighted by atomic mass is 9.92. The van der Waals surface area contributed by atoms with Gasteiger partial charge in [0.1, 0.15) is 0 Å². The molecule has 19 heavy (non-hydrogen) atoms. The molecule has 2 nitrogen and oxygen atoms in total. The Morgan fingerprint density at radius 2 is 1.74 bits per heavy atom. The number of hydrogen-bond donors (Lipinski definition) is 2. The lowest BCUT2D eigenvalue weighted by molar-refractivity contribution is 0.0902. The minimum absolute atomic E-state index is 0.157. The third kappa shape index (κ3) is 4.16. The number of hydrogen-bond acceptors (Lipinski definition) is 2. The van der Waals surface area contributed by atoms with Crippen LogP contribution in [0, 0.1) is 0 Å². The highest BCUT2D eigenvalue weighted by molar-refractivity contribution is 6.88. The molecule has 2 atom stereocenters. The molecule has 106 valence electrons. The molecule has 2 N–H and O–H groups in total. The maximum Gasteiger partial charge on any atom is 0.0775 e. The van der Waals surface area contributed by atoms with Crippen molar-refractivity contribution in [1.82, 2.24) is 5.32 Å². The Hall–Kier alpha value is -0.643. The molecule has 2 unspecified atom stereocenters. The molecule has 0 amide bonds. The highest BCUT2D eigenvalue weighted by atomic mass is 28.3. The van der Waals surface area contributed by atoms with E-state index < -0.39 is 8.07 Å². The molecule has 1 aliphatic rings. The van der Waals surface area contributed by atoms with Crippen molar-refractivity contribution in [2.24, 2.45) is 0 Å². The van der Waals surface area contributed by atoms with Gasteiger partial charge in [-0.2, -0.15) is 0 Å². The smallest absolute Gasteiger partial charge is 0.0775 e. The molecule has 1 fully saturated rings. The van der Waals surface area contributed by atoms with Gasteiger partial charge < -0.3 is 10.4 Å². The molecule has 2 rings (SSSR count). The molecular weight excluding hydrogens is 250 g/mol. The molecule has 0 aliphatic heterocycles. The summed E-state index contributed by atoms with van der Waals surface area (Å²) in [5.41, 5.74) is 1.32. The molecule has 1 saturated carbocycles. The Bertz CT molecular complexity index is 396. The van der Waals surface area contributed by atoms with Gasteiger partial charge in [-0.05, 0) is 18.4 Å². The second kappa shape index (κ2) is 6.20. The Labute approximate surface area is 118 Å². The minimum atomic E-state index is -1.18. The van der Waals surface area contributed by atoms with Crippen LogP contribution >= 0.6 is 0 Å². The predicted octanol–water partition coefficient (Wildman–Crippen LogP) is 2.62. The van der Waals surface area contributed by atoms with E-state index in [0.717, 1.165) is 19.4 Å². The molecule has 1 aliphatic carbocycles. The largest absolute Gasteiger partial charge is 0.392 e. The molecule has 0 bridgehead atoms. The number of benzene rings is 1. The average molecular weight is 277 g/mol. The predicted molar refractivity (Wildman–Crippen MR) is 84.5 cm³/mol. The number of aliphatic hydroxyl groups excluding tert-OH is 1. The van der Waals surface area contributed by atoms with Gasteiger partial charge in [-0.1, -0.05) is 61.9 Å². The van der Waals surface area contributed by atoms with E-state index in [9.17, 15) is 5.11 Å². The highest BCUT2D eigenvalue weighted by Gasteiger charge is 2.22. The van der Waals surface area contributed by atoms with E-state index >= 15 is 0 Å². The van der Waals surface area contributed by atoms with E-state index in [-0.39, 0.29) is 12.1 Å². The van der Waals surface area contributed by atoms with E-state index in [2.05, 4.69) is 49.2 Å². The fourth-order valence-corrected chi connectivity index (χ4v) is 3.89. The third-order valence-corrected chi connectivity index (χ3v) is 6.18. The monoisotopic (exact) mass is 277 g/mol. The van der Waals surface area contributed by atoms with E-state index in [0.29, 0.717) is 0 Å².